The molecule has 1 N–H and O–H groups in total. The third-order valence-electron chi connectivity index (χ3n) is 3.16. The molecule has 0 aliphatic rings. The molecule has 21 heavy (non-hydrogen) atoms. The van der Waals surface area contributed by atoms with Crippen LogP contribution in [0, 0.1) is 0 Å². The van der Waals surface area contributed by atoms with Gasteiger partial charge in [0.25, 0.3) is 0 Å². The third-order valence-corrected chi connectivity index (χ3v) is 3.49. The Hall–Kier alpha value is -1.94. The van der Waals surface area contributed by atoms with Crippen LogP contribution >= 0.6 is 11.6 Å². The number of hydrogen-bond donors (Lipinski definition) is 1. The van der Waals surface area contributed by atoms with Crippen molar-refractivity contribution in [3.63, 3.8) is 0 Å². The SMILES string of the molecule is CCCn1ccc(CNc2cc(C(=O)OC)ccc2Cl)c1. The largest absolute Gasteiger partial charge is 0.465 e. The van der Waals surface area contributed by atoms with Crippen molar-refractivity contribution in [2.75, 3.05) is 12.4 Å². The van der Waals surface area contributed by atoms with Crippen molar-refractivity contribution in [3.8, 4) is 0 Å². The van der Waals surface area contributed by atoms with E-state index in [-0.39, 0.29) is 5.97 Å². The number of carbonyl (C=O) groups is 1. The van der Waals surface area contributed by atoms with Gasteiger partial charge in [0.1, 0.15) is 0 Å². The first kappa shape index (κ1) is 15.4. The van der Waals surface area contributed by atoms with Gasteiger partial charge in [0.05, 0.1) is 23.4 Å². The quantitative estimate of drug-likeness (QED) is 0.822. The number of anilines is 1. The van der Waals surface area contributed by atoms with Crippen LogP contribution in [0.25, 0.3) is 0 Å². The highest BCUT2D eigenvalue weighted by atomic mass is 35.5. The summed E-state index contributed by atoms with van der Waals surface area (Å²) >= 11 is 6.15. The smallest absolute Gasteiger partial charge is 0.337 e. The predicted molar refractivity (Wildman–Crippen MR) is 84.8 cm³/mol. The van der Waals surface area contributed by atoms with Gasteiger partial charge in [0, 0.05) is 25.5 Å². The van der Waals surface area contributed by atoms with Gasteiger partial charge in [-0.25, -0.2) is 4.79 Å². The molecule has 0 radical (unpaired) electrons. The van der Waals surface area contributed by atoms with Gasteiger partial charge in [0.2, 0.25) is 0 Å². The Morgan fingerprint density at radius 3 is 2.90 bits per heavy atom. The summed E-state index contributed by atoms with van der Waals surface area (Å²) in [5.41, 5.74) is 2.37. The van der Waals surface area contributed by atoms with Gasteiger partial charge < -0.3 is 14.6 Å². The zero-order chi connectivity index (χ0) is 15.2. The number of ether oxygens (including phenoxy) is 1. The summed E-state index contributed by atoms with van der Waals surface area (Å²) in [7, 11) is 1.36. The van der Waals surface area contributed by atoms with Crippen molar-refractivity contribution in [1.29, 1.82) is 0 Å². The standard InChI is InChI=1S/C16H19ClN2O2/c1-3-7-19-8-6-12(11-19)10-18-15-9-13(16(20)21-2)4-5-14(15)17/h4-6,8-9,11,18H,3,7,10H2,1-2H3. The summed E-state index contributed by atoms with van der Waals surface area (Å²) in [5, 5.41) is 3.83. The number of methoxy groups -OCH3 is 1. The average Bonchev–Trinajstić information content (AvgIpc) is 2.93. The molecule has 0 unspecified atom stereocenters. The maximum atomic E-state index is 11.5. The molecule has 0 bridgehead atoms. The maximum Gasteiger partial charge on any atom is 0.337 e. The molecular formula is C16H19ClN2O2. The van der Waals surface area contributed by atoms with Crippen LogP contribution in [0.3, 0.4) is 0 Å². The van der Waals surface area contributed by atoms with Crippen LogP contribution in [0.5, 0.6) is 0 Å². The second kappa shape index (κ2) is 7.18. The van der Waals surface area contributed by atoms with Gasteiger partial charge >= 0.3 is 5.97 Å². The van der Waals surface area contributed by atoms with Crippen molar-refractivity contribution in [2.45, 2.75) is 26.4 Å². The summed E-state index contributed by atoms with van der Waals surface area (Å²) in [6.45, 7) is 3.82. The van der Waals surface area contributed by atoms with E-state index in [1.54, 1.807) is 18.2 Å². The second-order valence-electron chi connectivity index (χ2n) is 4.80. The molecule has 1 aromatic heterocycles. The number of carbonyl (C=O) groups excluding carboxylic acids is 1. The predicted octanol–water partition coefficient (Wildman–Crippen LogP) is 3.95. The van der Waals surface area contributed by atoms with Gasteiger partial charge in [0.15, 0.2) is 0 Å². The lowest BCUT2D eigenvalue weighted by Crippen LogP contribution is -2.04. The molecule has 0 saturated carbocycles. The maximum absolute atomic E-state index is 11.5. The van der Waals surface area contributed by atoms with Gasteiger partial charge in [-0.05, 0) is 36.2 Å². The van der Waals surface area contributed by atoms with Crippen molar-refractivity contribution < 1.29 is 9.53 Å². The van der Waals surface area contributed by atoms with Crippen LogP contribution in [0.1, 0.15) is 29.3 Å². The van der Waals surface area contributed by atoms with Crippen molar-refractivity contribution in [2.24, 2.45) is 0 Å². The number of esters is 1. The van der Waals surface area contributed by atoms with E-state index in [1.165, 1.54) is 12.7 Å². The third kappa shape index (κ3) is 4.02. The van der Waals surface area contributed by atoms with Crippen molar-refractivity contribution in [3.05, 3.63) is 52.8 Å². The molecule has 5 heteroatoms. The summed E-state index contributed by atoms with van der Waals surface area (Å²) < 4.78 is 6.87. The zero-order valence-electron chi connectivity index (χ0n) is 12.2. The van der Waals surface area contributed by atoms with Crippen LogP contribution < -0.4 is 5.32 Å². The van der Waals surface area contributed by atoms with E-state index in [9.17, 15) is 4.79 Å². The summed E-state index contributed by atoms with van der Waals surface area (Å²) in [6.07, 6.45) is 5.27. The molecule has 1 heterocycles. The summed E-state index contributed by atoms with van der Waals surface area (Å²) in [6, 6.07) is 7.12. The molecule has 0 atom stereocenters. The number of nitrogens with one attached hydrogen (secondary N) is 1. The molecule has 0 spiro atoms. The highest BCUT2D eigenvalue weighted by Crippen LogP contribution is 2.24. The first-order valence-electron chi connectivity index (χ1n) is 6.90. The van der Waals surface area contributed by atoms with E-state index in [0.29, 0.717) is 17.1 Å². The van der Waals surface area contributed by atoms with Crippen molar-refractivity contribution >= 4 is 23.3 Å². The fourth-order valence-electron chi connectivity index (χ4n) is 2.10. The van der Waals surface area contributed by atoms with E-state index < -0.39 is 0 Å². The fourth-order valence-corrected chi connectivity index (χ4v) is 2.28. The first-order valence-corrected chi connectivity index (χ1v) is 7.28. The number of hydrogen-bond acceptors (Lipinski definition) is 3. The molecule has 0 amide bonds. The van der Waals surface area contributed by atoms with Crippen LogP contribution in [0.4, 0.5) is 5.69 Å². The van der Waals surface area contributed by atoms with Crippen LogP contribution in [-0.2, 0) is 17.8 Å². The topological polar surface area (TPSA) is 43.3 Å². The zero-order valence-corrected chi connectivity index (χ0v) is 13.0. The number of aryl methyl sites for hydroxylation is 1. The van der Waals surface area contributed by atoms with E-state index >= 15 is 0 Å². The minimum Gasteiger partial charge on any atom is -0.465 e. The molecule has 0 fully saturated rings. The second-order valence-corrected chi connectivity index (χ2v) is 5.20. The van der Waals surface area contributed by atoms with E-state index in [2.05, 4.69) is 35.3 Å². The number of nitrogens with zero attached hydrogens (tertiary/aromatic N) is 1. The van der Waals surface area contributed by atoms with Crippen molar-refractivity contribution in [1.82, 2.24) is 4.57 Å². The minimum absolute atomic E-state index is 0.371. The lowest BCUT2D eigenvalue weighted by Gasteiger charge is -2.09. The molecule has 1 aromatic carbocycles. The molecule has 0 aliphatic heterocycles. The Labute approximate surface area is 129 Å². The summed E-state index contributed by atoms with van der Waals surface area (Å²) in [4.78, 5) is 11.5. The highest BCUT2D eigenvalue weighted by molar-refractivity contribution is 6.33. The number of benzene rings is 1. The molecule has 2 rings (SSSR count). The summed E-state index contributed by atoms with van der Waals surface area (Å²) in [5.74, 6) is -0.371. The fraction of sp³-hybridized carbons (Fsp3) is 0.312. The monoisotopic (exact) mass is 306 g/mol. The van der Waals surface area contributed by atoms with Gasteiger partial charge in [-0.2, -0.15) is 0 Å². The Morgan fingerprint density at radius 2 is 2.19 bits per heavy atom. The molecule has 0 aliphatic carbocycles. The minimum atomic E-state index is -0.371. The normalized spacial score (nSPS) is 10.4. The van der Waals surface area contributed by atoms with Crippen LogP contribution in [0.2, 0.25) is 5.02 Å². The van der Waals surface area contributed by atoms with Gasteiger partial charge in [-0.1, -0.05) is 18.5 Å². The molecule has 112 valence electrons. The Kier molecular flexibility index (Phi) is 5.28. The van der Waals surface area contributed by atoms with Gasteiger partial charge in [-0.15, -0.1) is 0 Å². The highest BCUT2D eigenvalue weighted by Gasteiger charge is 2.09. The molecule has 0 saturated heterocycles. The number of rotatable bonds is 6. The molecule has 2 aromatic rings. The lowest BCUT2D eigenvalue weighted by atomic mass is 10.2. The average molecular weight is 307 g/mol. The van der Waals surface area contributed by atoms with Gasteiger partial charge in [-0.3, -0.25) is 0 Å². The lowest BCUT2D eigenvalue weighted by molar-refractivity contribution is 0.0601. The van der Waals surface area contributed by atoms with E-state index in [4.69, 9.17) is 16.3 Å². The number of halogens is 1. The first-order chi connectivity index (χ1) is 10.1. The van der Waals surface area contributed by atoms with Crippen LogP contribution in [0.15, 0.2) is 36.7 Å². The Balaban J connectivity index is 2.06. The van der Waals surface area contributed by atoms with E-state index in [1.807, 2.05) is 0 Å². The Morgan fingerprint density at radius 1 is 1.38 bits per heavy atom. The molecular weight excluding hydrogens is 288 g/mol. The van der Waals surface area contributed by atoms with Crippen LogP contribution in [-0.4, -0.2) is 17.6 Å². The Bertz CT molecular complexity index is 622. The number of aromatic nitrogens is 1. The van der Waals surface area contributed by atoms with E-state index in [0.717, 1.165) is 18.7 Å². The molecule has 4 nitrogen and oxygen atoms in total.